The zero-order valence-electron chi connectivity index (χ0n) is 23.3. The Balaban J connectivity index is 1.95. The summed E-state index contributed by atoms with van der Waals surface area (Å²) in [6.07, 6.45) is 2.06. The van der Waals surface area contributed by atoms with Gasteiger partial charge in [0.05, 0.1) is 44.4 Å². The summed E-state index contributed by atoms with van der Waals surface area (Å²) < 4.78 is 22.0. The predicted octanol–water partition coefficient (Wildman–Crippen LogP) is 3.24. The number of aromatic hydroxyl groups is 2. The van der Waals surface area contributed by atoms with Gasteiger partial charge in [0.15, 0.2) is 5.75 Å². The van der Waals surface area contributed by atoms with Crippen molar-refractivity contribution in [3.63, 3.8) is 0 Å². The molecule has 0 spiro atoms. The second-order valence-corrected chi connectivity index (χ2v) is 10.1. The third-order valence-corrected chi connectivity index (χ3v) is 7.80. The molecule has 0 amide bonds. The van der Waals surface area contributed by atoms with Gasteiger partial charge in [0.2, 0.25) is 10.9 Å². The fraction of sp³-hybridized carbons (Fsp3) is 0.258. The molecule has 11 nitrogen and oxygen atoms in total. The highest BCUT2D eigenvalue weighted by Crippen LogP contribution is 2.54. The number of hydrogen-bond acceptors (Lipinski definition) is 11. The fourth-order valence-electron chi connectivity index (χ4n) is 6.28. The van der Waals surface area contributed by atoms with E-state index in [4.69, 9.17) is 24.1 Å². The molecule has 0 unspecified atom stereocenters. The lowest BCUT2D eigenvalue weighted by Crippen LogP contribution is -2.23. The topological polar surface area (TPSA) is 161 Å². The van der Waals surface area contributed by atoms with E-state index in [0.717, 1.165) is 5.57 Å². The number of aliphatic hydroxyl groups excluding tert-OH is 1. The van der Waals surface area contributed by atoms with Crippen LogP contribution in [0.3, 0.4) is 0 Å². The Hall–Kier alpha value is -5.03. The van der Waals surface area contributed by atoms with Gasteiger partial charge in [-0.05, 0) is 18.7 Å². The van der Waals surface area contributed by atoms with Crippen molar-refractivity contribution in [2.24, 2.45) is 0 Å². The minimum absolute atomic E-state index is 0.00845. The average Bonchev–Trinajstić information content (AvgIpc) is 3.11. The van der Waals surface area contributed by atoms with Gasteiger partial charge >= 0.3 is 5.97 Å². The molecular formula is C31H27NO10. The Morgan fingerprint density at radius 2 is 1.43 bits per heavy atom. The van der Waals surface area contributed by atoms with Crippen molar-refractivity contribution in [2.45, 2.75) is 13.3 Å². The van der Waals surface area contributed by atoms with E-state index in [0.29, 0.717) is 43.4 Å². The maximum absolute atomic E-state index is 14.1. The highest BCUT2D eigenvalue weighted by molar-refractivity contribution is 6.39. The molecule has 0 heterocycles. The van der Waals surface area contributed by atoms with E-state index >= 15 is 0 Å². The van der Waals surface area contributed by atoms with Gasteiger partial charge in [-0.1, -0.05) is 11.6 Å². The summed E-state index contributed by atoms with van der Waals surface area (Å²) >= 11 is 0. The Morgan fingerprint density at radius 1 is 0.833 bits per heavy atom. The molecule has 1 aliphatic carbocycles. The molecule has 5 aromatic carbocycles. The van der Waals surface area contributed by atoms with Gasteiger partial charge in [0, 0.05) is 50.2 Å². The van der Waals surface area contributed by atoms with E-state index in [1.54, 1.807) is 6.08 Å². The standard InChI is InChI=1S/C31H27NO10/c1-12-7-13-20-21-14(8-12)31(41-4)30(38)23-16(35)10-18(40-3)25(27(21)23)24-17(39-2)9-15(34)22(26(20)24)29(37)28(13)32-11-19(36)42-6-5-33/h7,9-10,32-35H,5-6,8,11H2,1-4H3. The third kappa shape index (κ3) is 3.59. The van der Waals surface area contributed by atoms with Gasteiger partial charge in [0.25, 0.3) is 0 Å². The number of hydrogen-bond donors (Lipinski definition) is 4. The molecule has 0 radical (unpaired) electrons. The number of benzene rings is 5. The average molecular weight is 574 g/mol. The van der Waals surface area contributed by atoms with Crippen LogP contribution < -0.4 is 30.4 Å². The molecule has 6 rings (SSSR count). The number of phenolic OH excluding ortho intramolecular Hbond substituents is 2. The monoisotopic (exact) mass is 573 g/mol. The van der Waals surface area contributed by atoms with Crippen LogP contribution in [0.1, 0.15) is 18.1 Å². The molecule has 11 heteroatoms. The van der Waals surface area contributed by atoms with Crippen LogP contribution in [-0.2, 0) is 16.0 Å². The summed E-state index contributed by atoms with van der Waals surface area (Å²) in [5.74, 6) is -0.851. The Bertz CT molecular complexity index is 2100. The highest BCUT2D eigenvalue weighted by atomic mass is 16.5. The maximum atomic E-state index is 14.1. The third-order valence-electron chi connectivity index (χ3n) is 7.80. The van der Waals surface area contributed by atoms with Gasteiger partial charge in [-0.15, -0.1) is 0 Å². The number of aliphatic hydroxyl groups is 1. The molecular weight excluding hydrogens is 546 g/mol. The van der Waals surface area contributed by atoms with E-state index in [1.165, 1.54) is 33.5 Å². The predicted molar refractivity (Wildman–Crippen MR) is 158 cm³/mol. The van der Waals surface area contributed by atoms with E-state index in [9.17, 15) is 24.6 Å². The van der Waals surface area contributed by atoms with Gasteiger partial charge in [-0.3, -0.25) is 14.4 Å². The molecule has 5 aromatic rings. The van der Waals surface area contributed by atoms with Crippen LogP contribution in [0.5, 0.6) is 28.7 Å². The van der Waals surface area contributed by atoms with Gasteiger partial charge < -0.3 is 39.6 Å². The molecule has 0 atom stereocenters. The number of anilines is 1. The minimum atomic E-state index is -0.696. The first-order valence-electron chi connectivity index (χ1n) is 13.1. The SMILES string of the molecule is COc1c2c3c4c(c(NCC(=O)OCCO)c(=O)c5c(O)cc(OC)c(c6c(OC)cc(O)c(c1=O)c63)c54)C=C(C)C2. The van der Waals surface area contributed by atoms with Crippen LogP contribution in [0.15, 0.2) is 27.3 Å². The number of phenols is 2. The maximum Gasteiger partial charge on any atom is 0.325 e. The first kappa shape index (κ1) is 27.2. The van der Waals surface area contributed by atoms with Crippen LogP contribution in [0.2, 0.25) is 0 Å². The van der Waals surface area contributed by atoms with Gasteiger partial charge in [-0.25, -0.2) is 0 Å². The van der Waals surface area contributed by atoms with Crippen LogP contribution in [-0.4, -0.2) is 62.4 Å². The van der Waals surface area contributed by atoms with Crippen molar-refractivity contribution in [1.29, 1.82) is 0 Å². The van der Waals surface area contributed by atoms with Crippen LogP contribution in [0.25, 0.3) is 49.2 Å². The fourth-order valence-corrected chi connectivity index (χ4v) is 6.28. The number of fused-ring (bicyclic) bond motifs is 1. The summed E-state index contributed by atoms with van der Waals surface area (Å²) in [5, 5.41) is 36.8. The van der Waals surface area contributed by atoms with Crippen LogP contribution in [0, 0.1) is 0 Å². The highest BCUT2D eigenvalue weighted by Gasteiger charge is 2.32. The second kappa shape index (κ2) is 9.81. The number of esters is 1. The quantitative estimate of drug-likeness (QED) is 0.123. The van der Waals surface area contributed by atoms with E-state index in [-0.39, 0.29) is 71.4 Å². The molecule has 1 aliphatic rings. The lowest BCUT2D eigenvalue weighted by Gasteiger charge is -2.23. The molecule has 0 saturated carbocycles. The summed E-state index contributed by atoms with van der Waals surface area (Å²) in [6, 6.07) is 2.65. The molecule has 0 fully saturated rings. The number of rotatable bonds is 8. The van der Waals surface area contributed by atoms with Crippen LogP contribution >= 0.6 is 0 Å². The normalized spacial score (nSPS) is 12.7. The van der Waals surface area contributed by atoms with Gasteiger partial charge in [0.1, 0.15) is 36.1 Å². The number of carbonyl (C=O) groups excluding carboxylic acids is 1. The van der Waals surface area contributed by atoms with E-state index < -0.39 is 16.8 Å². The van der Waals surface area contributed by atoms with Crippen molar-refractivity contribution in [3.8, 4) is 28.7 Å². The Kier molecular flexibility index (Phi) is 6.34. The first-order chi connectivity index (χ1) is 20.2. The van der Waals surface area contributed by atoms with Crippen molar-refractivity contribution in [2.75, 3.05) is 46.4 Å². The molecule has 0 aromatic heterocycles. The van der Waals surface area contributed by atoms with E-state index in [1.807, 2.05) is 6.92 Å². The van der Waals surface area contributed by atoms with Crippen molar-refractivity contribution < 1.29 is 39.1 Å². The smallest absolute Gasteiger partial charge is 0.325 e. The van der Waals surface area contributed by atoms with Crippen molar-refractivity contribution in [3.05, 3.63) is 49.3 Å². The lowest BCUT2D eigenvalue weighted by molar-refractivity contribution is -0.142. The summed E-state index contributed by atoms with van der Waals surface area (Å²) in [5.41, 5.74) is 0.691. The molecule has 216 valence electrons. The molecule has 42 heavy (non-hydrogen) atoms. The molecule has 0 bridgehead atoms. The number of ether oxygens (including phenoxy) is 4. The summed E-state index contributed by atoms with van der Waals surface area (Å²) in [4.78, 5) is 40.3. The lowest BCUT2D eigenvalue weighted by atomic mass is 9.83. The zero-order valence-corrected chi connectivity index (χ0v) is 23.3. The molecule has 0 saturated heterocycles. The minimum Gasteiger partial charge on any atom is -0.507 e. The number of methoxy groups -OCH3 is 3. The molecule has 4 N–H and O–H groups in total. The number of allylic oxidation sites excluding steroid dienone is 1. The van der Waals surface area contributed by atoms with E-state index in [2.05, 4.69) is 5.32 Å². The summed E-state index contributed by atoms with van der Waals surface area (Å²) in [7, 11) is 4.23. The number of nitrogens with one attached hydrogen (secondary N) is 1. The van der Waals surface area contributed by atoms with Crippen molar-refractivity contribution >= 4 is 60.8 Å². The number of carbonyl (C=O) groups is 1. The van der Waals surface area contributed by atoms with Crippen molar-refractivity contribution in [1.82, 2.24) is 0 Å². The Labute approximate surface area is 237 Å². The Morgan fingerprint density at radius 3 is 2.00 bits per heavy atom. The summed E-state index contributed by atoms with van der Waals surface area (Å²) in [6.45, 7) is 0.900. The first-order valence-corrected chi connectivity index (χ1v) is 13.1. The largest absolute Gasteiger partial charge is 0.507 e. The second-order valence-electron chi connectivity index (χ2n) is 10.1. The zero-order chi connectivity index (χ0) is 30.0. The van der Waals surface area contributed by atoms with Crippen LogP contribution in [0.4, 0.5) is 5.69 Å². The van der Waals surface area contributed by atoms with Gasteiger partial charge in [-0.2, -0.15) is 0 Å². The molecule has 0 aliphatic heterocycles.